The number of hydrogen-bond acceptors (Lipinski definition) is 5. The van der Waals surface area contributed by atoms with Gasteiger partial charge < -0.3 is 9.84 Å². The lowest BCUT2D eigenvalue weighted by Gasteiger charge is -2.03. The fraction of sp³-hybridized carbons (Fsp3) is 0.250. The number of nitrogens with one attached hydrogen (secondary N) is 2. The van der Waals surface area contributed by atoms with Gasteiger partial charge in [-0.15, -0.1) is 0 Å². The fourth-order valence-corrected chi connectivity index (χ4v) is 2.66. The maximum atomic E-state index is 11.7. The molecular weight excluding hydrogens is 330 g/mol. The highest BCUT2D eigenvalue weighted by Crippen LogP contribution is 2.23. The van der Waals surface area contributed by atoms with Gasteiger partial charge in [-0.2, -0.15) is 0 Å². The summed E-state index contributed by atoms with van der Waals surface area (Å²) in [6, 6.07) is 6.37. The van der Waals surface area contributed by atoms with E-state index in [-0.39, 0.29) is 10.8 Å². The second-order valence-corrected chi connectivity index (χ2v) is 6.91. The van der Waals surface area contributed by atoms with E-state index in [2.05, 4.69) is 15.2 Å². The number of amides is 1. The van der Waals surface area contributed by atoms with Crippen LogP contribution in [0.3, 0.4) is 0 Å². The zero-order chi connectivity index (χ0) is 17.7. The van der Waals surface area contributed by atoms with E-state index >= 15 is 0 Å². The summed E-state index contributed by atoms with van der Waals surface area (Å²) in [4.78, 5) is 11.7. The normalized spacial score (nSPS) is 11.8. The van der Waals surface area contributed by atoms with Crippen LogP contribution in [0, 0.1) is 6.92 Å². The molecule has 0 saturated heterocycles. The van der Waals surface area contributed by atoms with Crippen LogP contribution in [0.1, 0.15) is 30.4 Å². The van der Waals surface area contributed by atoms with Crippen LogP contribution in [-0.2, 0) is 14.8 Å². The minimum atomic E-state index is -3.45. The Kier molecular flexibility index (Phi) is 5.53. The Morgan fingerprint density at radius 3 is 2.50 bits per heavy atom. The number of sulfonamides is 1. The van der Waals surface area contributed by atoms with Gasteiger partial charge in [-0.25, -0.2) is 13.1 Å². The van der Waals surface area contributed by atoms with Crippen molar-refractivity contribution < 1.29 is 17.7 Å². The Balaban J connectivity index is 2.21. The SMILES string of the molecule is CCC(=O)Nc1c(C)noc1C=Cc1ccc(S(=O)(=O)NC)cc1. The summed E-state index contributed by atoms with van der Waals surface area (Å²) in [5.41, 5.74) is 1.91. The maximum Gasteiger partial charge on any atom is 0.240 e. The van der Waals surface area contributed by atoms with E-state index in [1.165, 1.54) is 19.2 Å². The van der Waals surface area contributed by atoms with Crippen molar-refractivity contribution in [2.24, 2.45) is 0 Å². The molecule has 0 saturated carbocycles. The first-order valence-electron chi connectivity index (χ1n) is 7.35. The largest absolute Gasteiger partial charge is 0.354 e. The number of benzene rings is 1. The van der Waals surface area contributed by atoms with Crippen LogP contribution in [0.25, 0.3) is 12.2 Å². The smallest absolute Gasteiger partial charge is 0.240 e. The Morgan fingerprint density at radius 1 is 1.25 bits per heavy atom. The molecule has 128 valence electrons. The molecule has 0 unspecified atom stereocenters. The van der Waals surface area contributed by atoms with E-state index in [1.54, 1.807) is 38.1 Å². The van der Waals surface area contributed by atoms with E-state index in [0.29, 0.717) is 23.6 Å². The van der Waals surface area contributed by atoms with E-state index in [0.717, 1.165) is 5.56 Å². The second-order valence-electron chi connectivity index (χ2n) is 5.02. The van der Waals surface area contributed by atoms with E-state index < -0.39 is 10.0 Å². The molecule has 0 fully saturated rings. The summed E-state index contributed by atoms with van der Waals surface area (Å²) in [6.07, 6.45) is 3.78. The van der Waals surface area contributed by atoms with Crippen molar-refractivity contribution in [2.45, 2.75) is 25.2 Å². The van der Waals surface area contributed by atoms with Gasteiger partial charge in [0, 0.05) is 6.42 Å². The molecule has 0 spiro atoms. The summed E-state index contributed by atoms with van der Waals surface area (Å²) in [5, 5.41) is 6.59. The monoisotopic (exact) mass is 349 g/mol. The van der Waals surface area contributed by atoms with Gasteiger partial charge in [0.2, 0.25) is 15.9 Å². The number of carbonyl (C=O) groups is 1. The Labute approximate surface area is 140 Å². The topological polar surface area (TPSA) is 101 Å². The first kappa shape index (κ1) is 17.9. The molecule has 1 amide bonds. The third kappa shape index (κ3) is 4.09. The predicted octanol–water partition coefficient (Wildman–Crippen LogP) is 2.41. The number of hydrogen-bond donors (Lipinski definition) is 2. The van der Waals surface area contributed by atoms with Crippen LogP contribution in [0.5, 0.6) is 0 Å². The molecule has 2 rings (SSSR count). The van der Waals surface area contributed by atoms with E-state index in [4.69, 9.17) is 4.52 Å². The Hall–Kier alpha value is -2.45. The molecule has 24 heavy (non-hydrogen) atoms. The minimum Gasteiger partial charge on any atom is -0.354 e. The van der Waals surface area contributed by atoms with Crippen molar-refractivity contribution in [3.05, 3.63) is 41.3 Å². The molecule has 0 aliphatic rings. The van der Waals surface area contributed by atoms with Crippen LogP contribution in [0.4, 0.5) is 5.69 Å². The molecule has 0 radical (unpaired) electrons. The van der Waals surface area contributed by atoms with E-state index in [1.807, 2.05) is 0 Å². The van der Waals surface area contributed by atoms with Crippen molar-refractivity contribution in [1.82, 2.24) is 9.88 Å². The zero-order valence-electron chi connectivity index (χ0n) is 13.7. The predicted molar refractivity (Wildman–Crippen MR) is 91.8 cm³/mol. The van der Waals surface area contributed by atoms with Gasteiger partial charge in [0.1, 0.15) is 11.4 Å². The number of aryl methyl sites for hydroxylation is 1. The average Bonchev–Trinajstić information content (AvgIpc) is 2.93. The van der Waals surface area contributed by atoms with Crippen molar-refractivity contribution in [2.75, 3.05) is 12.4 Å². The molecule has 0 aliphatic carbocycles. The quantitative estimate of drug-likeness (QED) is 0.834. The summed E-state index contributed by atoms with van der Waals surface area (Å²) < 4.78 is 30.8. The summed E-state index contributed by atoms with van der Waals surface area (Å²) in [5.74, 6) is 0.304. The highest BCUT2D eigenvalue weighted by atomic mass is 32.2. The van der Waals surface area contributed by atoms with Crippen LogP contribution in [-0.4, -0.2) is 26.5 Å². The van der Waals surface area contributed by atoms with Crippen LogP contribution in [0.2, 0.25) is 0 Å². The number of anilines is 1. The summed E-state index contributed by atoms with van der Waals surface area (Å²) >= 11 is 0. The third-order valence-electron chi connectivity index (χ3n) is 3.36. The third-order valence-corrected chi connectivity index (χ3v) is 4.79. The summed E-state index contributed by atoms with van der Waals surface area (Å²) in [7, 11) is -2.09. The number of rotatable bonds is 6. The maximum absolute atomic E-state index is 11.7. The highest BCUT2D eigenvalue weighted by Gasteiger charge is 2.13. The molecule has 7 nitrogen and oxygen atoms in total. The number of nitrogens with zero attached hydrogens (tertiary/aromatic N) is 1. The van der Waals surface area contributed by atoms with Crippen molar-refractivity contribution in [3.63, 3.8) is 0 Å². The van der Waals surface area contributed by atoms with E-state index in [9.17, 15) is 13.2 Å². The lowest BCUT2D eigenvalue weighted by atomic mass is 10.2. The molecular formula is C16H19N3O4S. The number of carbonyl (C=O) groups excluding carboxylic acids is 1. The first-order valence-corrected chi connectivity index (χ1v) is 8.83. The van der Waals surface area contributed by atoms with Gasteiger partial charge in [-0.05, 0) is 37.7 Å². The molecule has 2 aromatic rings. The Bertz CT molecular complexity index is 852. The van der Waals surface area contributed by atoms with Gasteiger partial charge in [-0.1, -0.05) is 30.3 Å². The highest BCUT2D eigenvalue weighted by molar-refractivity contribution is 7.89. The van der Waals surface area contributed by atoms with Crippen molar-refractivity contribution in [3.8, 4) is 0 Å². The molecule has 0 bridgehead atoms. The van der Waals surface area contributed by atoms with Gasteiger partial charge in [0.15, 0.2) is 5.76 Å². The van der Waals surface area contributed by atoms with Crippen molar-refractivity contribution >= 4 is 33.8 Å². The van der Waals surface area contributed by atoms with Gasteiger partial charge >= 0.3 is 0 Å². The molecule has 0 aliphatic heterocycles. The fourth-order valence-electron chi connectivity index (χ4n) is 1.93. The van der Waals surface area contributed by atoms with Crippen LogP contribution >= 0.6 is 0 Å². The first-order chi connectivity index (χ1) is 11.4. The van der Waals surface area contributed by atoms with Crippen molar-refractivity contribution in [1.29, 1.82) is 0 Å². The number of aromatic nitrogens is 1. The molecule has 8 heteroatoms. The Morgan fingerprint density at radius 2 is 1.92 bits per heavy atom. The van der Waals surface area contributed by atoms with Crippen LogP contribution in [0.15, 0.2) is 33.7 Å². The lowest BCUT2D eigenvalue weighted by molar-refractivity contribution is -0.115. The van der Waals surface area contributed by atoms with Gasteiger partial charge in [-0.3, -0.25) is 4.79 Å². The summed E-state index contributed by atoms with van der Waals surface area (Å²) in [6.45, 7) is 3.50. The molecule has 1 aromatic heterocycles. The lowest BCUT2D eigenvalue weighted by Crippen LogP contribution is -2.18. The van der Waals surface area contributed by atoms with Gasteiger partial charge in [0.05, 0.1) is 4.90 Å². The molecule has 0 atom stereocenters. The molecule has 1 aromatic carbocycles. The van der Waals surface area contributed by atoms with Gasteiger partial charge in [0.25, 0.3) is 0 Å². The second kappa shape index (κ2) is 7.41. The average molecular weight is 349 g/mol. The standard InChI is InChI=1S/C16H19N3O4S/c1-4-15(20)18-16-11(2)19-23-14(16)10-7-12-5-8-13(9-6-12)24(21,22)17-3/h5-10,17H,4H2,1-3H3,(H,18,20). The molecule has 2 N–H and O–H groups in total. The zero-order valence-corrected chi connectivity index (χ0v) is 14.5. The molecule has 1 heterocycles. The van der Waals surface area contributed by atoms with Crippen LogP contribution < -0.4 is 10.0 Å². The minimum absolute atomic E-state index is 0.127.